The Morgan fingerprint density at radius 3 is 1.35 bits per heavy atom. The highest BCUT2D eigenvalue weighted by molar-refractivity contribution is 5.69. The molecule has 1 N–H and O–H groups in total. The Balaban J connectivity index is 0. The lowest BCUT2D eigenvalue weighted by Crippen LogP contribution is -2.18. The molecule has 312 valence electrons. The van der Waals surface area contributed by atoms with E-state index in [1.165, 1.54) is 154 Å². The minimum atomic E-state index is -0.0121. The predicted molar refractivity (Wildman–Crippen MR) is 226 cm³/mol. The van der Waals surface area contributed by atoms with Crippen LogP contribution in [0.3, 0.4) is 0 Å². The highest BCUT2D eigenvalue weighted by Crippen LogP contribution is 2.28. The molecule has 0 radical (unpaired) electrons. The number of rotatable bonds is 39. The number of hydrogen-bond acceptors (Lipinski definition) is 5. The number of hydrogen-bond donors (Lipinski definition) is 1. The molecule has 0 bridgehead atoms. The largest absolute Gasteiger partial charge is 0.466 e. The van der Waals surface area contributed by atoms with Crippen molar-refractivity contribution in [2.45, 2.75) is 266 Å². The monoisotopic (exact) mass is 739 g/mol. The number of carbonyl (C=O) groups is 2. The van der Waals surface area contributed by atoms with E-state index in [0.717, 1.165) is 51.4 Å². The van der Waals surface area contributed by atoms with Crippen molar-refractivity contribution in [1.82, 2.24) is 0 Å². The Kier molecular flexibility index (Phi) is 45.2. The number of unbranched alkanes of at least 4 members (excludes halogenated alkanes) is 20. The SMILES string of the molecule is CCCCCCCCCCCOC(=O)CCCC(C)C(CCC)CCCCCC(=O)OC(CCCCCCCC)CCCCCCCC.CCCO. The van der Waals surface area contributed by atoms with Gasteiger partial charge < -0.3 is 14.6 Å². The normalized spacial score (nSPS) is 12.4. The number of aliphatic hydroxyl groups excluding tert-OH is 1. The molecule has 0 rings (SSSR count). The molecule has 0 amide bonds. The summed E-state index contributed by atoms with van der Waals surface area (Å²) in [6.07, 6.45) is 40.2. The van der Waals surface area contributed by atoms with Crippen LogP contribution in [0.4, 0.5) is 0 Å². The second-order valence-electron chi connectivity index (χ2n) is 16.0. The third kappa shape index (κ3) is 40.1. The van der Waals surface area contributed by atoms with Crippen molar-refractivity contribution in [3.8, 4) is 0 Å². The molecule has 0 spiro atoms. The van der Waals surface area contributed by atoms with Crippen LogP contribution in [0.1, 0.15) is 260 Å². The number of ether oxygens (including phenoxy) is 2. The smallest absolute Gasteiger partial charge is 0.306 e. The van der Waals surface area contributed by atoms with Gasteiger partial charge in [0.1, 0.15) is 6.10 Å². The van der Waals surface area contributed by atoms with Gasteiger partial charge in [0.05, 0.1) is 6.61 Å². The standard InChI is InChI=1S/C44H86O4.C3H8O/c1-6-10-13-16-19-20-21-24-30-39-47-43(45)38-31-33-40(5)41(32-9-4)34-26-25-29-37-44(46)48-42(35-27-22-17-14-11-7-2)36-28-23-18-15-12-8-3;1-2-3-4/h40-42H,6-39H2,1-5H3;4H,2-3H2,1H3. The summed E-state index contributed by atoms with van der Waals surface area (Å²) in [4.78, 5) is 25.0. The van der Waals surface area contributed by atoms with Gasteiger partial charge in [0.15, 0.2) is 0 Å². The van der Waals surface area contributed by atoms with E-state index in [4.69, 9.17) is 14.6 Å². The van der Waals surface area contributed by atoms with E-state index in [0.29, 0.717) is 37.9 Å². The molecular weight excluding hydrogens is 645 g/mol. The Hall–Kier alpha value is -1.10. The summed E-state index contributed by atoms with van der Waals surface area (Å²) < 4.78 is 11.6. The highest BCUT2D eigenvalue weighted by atomic mass is 16.5. The molecule has 0 saturated carbocycles. The molecule has 0 aliphatic carbocycles. The summed E-state index contributed by atoms with van der Waals surface area (Å²) in [5.41, 5.74) is 0. The van der Waals surface area contributed by atoms with E-state index in [2.05, 4.69) is 34.6 Å². The first-order valence-electron chi connectivity index (χ1n) is 23.4. The summed E-state index contributed by atoms with van der Waals surface area (Å²) in [7, 11) is 0. The Morgan fingerprint density at radius 1 is 0.442 bits per heavy atom. The van der Waals surface area contributed by atoms with Gasteiger partial charge in [0.25, 0.3) is 0 Å². The minimum absolute atomic E-state index is 0.0121. The molecule has 5 nitrogen and oxygen atoms in total. The average molecular weight is 739 g/mol. The van der Waals surface area contributed by atoms with Crippen LogP contribution in [-0.2, 0) is 19.1 Å². The van der Waals surface area contributed by atoms with Crippen LogP contribution in [-0.4, -0.2) is 36.4 Å². The maximum Gasteiger partial charge on any atom is 0.306 e. The van der Waals surface area contributed by atoms with Crippen molar-refractivity contribution in [2.75, 3.05) is 13.2 Å². The molecule has 2 atom stereocenters. The molecule has 0 saturated heterocycles. The van der Waals surface area contributed by atoms with Crippen molar-refractivity contribution in [1.29, 1.82) is 0 Å². The van der Waals surface area contributed by atoms with Gasteiger partial charge in [-0.2, -0.15) is 0 Å². The number of carbonyl (C=O) groups excluding carboxylic acids is 2. The molecule has 5 heteroatoms. The molecule has 0 aliphatic rings. The maximum atomic E-state index is 12.8. The van der Waals surface area contributed by atoms with Gasteiger partial charge >= 0.3 is 11.9 Å². The van der Waals surface area contributed by atoms with Gasteiger partial charge in [-0.15, -0.1) is 0 Å². The first kappa shape index (κ1) is 53.0. The zero-order chi connectivity index (χ0) is 38.8. The van der Waals surface area contributed by atoms with Crippen LogP contribution in [0, 0.1) is 11.8 Å². The van der Waals surface area contributed by atoms with Crippen molar-refractivity contribution in [3.05, 3.63) is 0 Å². The van der Waals surface area contributed by atoms with E-state index >= 15 is 0 Å². The fourth-order valence-electron chi connectivity index (χ4n) is 7.22. The lowest BCUT2D eigenvalue weighted by Gasteiger charge is -2.24. The van der Waals surface area contributed by atoms with Crippen molar-refractivity contribution < 1.29 is 24.2 Å². The Labute approximate surface area is 326 Å². The fourth-order valence-corrected chi connectivity index (χ4v) is 7.22. The second-order valence-corrected chi connectivity index (χ2v) is 16.0. The van der Waals surface area contributed by atoms with Crippen LogP contribution >= 0.6 is 0 Å². The van der Waals surface area contributed by atoms with E-state index in [1.807, 2.05) is 6.92 Å². The predicted octanol–water partition coefficient (Wildman–Crippen LogP) is 15.0. The van der Waals surface area contributed by atoms with E-state index in [-0.39, 0.29) is 18.0 Å². The van der Waals surface area contributed by atoms with Gasteiger partial charge in [-0.3, -0.25) is 9.59 Å². The van der Waals surface area contributed by atoms with Gasteiger partial charge in [0.2, 0.25) is 0 Å². The maximum absolute atomic E-state index is 12.8. The van der Waals surface area contributed by atoms with Crippen LogP contribution in [0.2, 0.25) is 0 Å². The summed E-state index contributed by atoms with van der Waals surface area (Å²) in [5.74, 6) is 1.35. The third-order valence-electron chi connectivity index (χ3n) is 10.8. The zero-order valence-corrected chi connectivity index (χ0v) is 36.3. The molecular formula is C47H94O5. The van der Waals surface area contributed by atoms with Gasteiger partial charge in [-0.25, -0.2) is 0 Å². The number of aliphatic hydroxyl groups is 1. The molecule has 0 heterocycles. The van der Waals surface area contributed by atoms with Crippen LogP contribution in [0.25, 0.3) is 0 Å². The molecule has 0 aliphatic heterocycles. The molecule has 0 aromatic rings. The minimum Gasteiger partial charge on any atom is -0.466 e. The van der Waals surface area contributed by atoms with Gasteiger partial charge in [-0.05, 0) is 69.6 Å². The topological polar surface area (TPSA) is 72.8 Å². The van der Waals surface area contributed by atoms with Crippen molar-refractivity contribution in [3.63, 3.8) is 0 Å². The number of esters is 2. The van der Waals surface area contributed by atoms with Gasteiger partial charge in [-0.1, -0.05) is 189 Å². The average Bonchev–Trinajstić information content (AvgIpc) is 3.14. The first-order valence-corrected chi connectivity index (χ1v) is 23.4. The highest BCUT2D eigenvalue weighted by Gasteiger charge is 2.18. The van der Waals surface area contributed by atoms with Gasteiger partial charge in [0, 0.05) is 19.4 Å². The summed E-state index contributed by atoms with van der Waals surface area (Å²) >= 11 is 0. The fraction of sp³-hybridized carbons (Fsp3) is 0.957. The van der Waals surface area contributed by atoms with Crippen LogP contribution in [0.15, 0.2) is 0 Å². The van der Waals surface area contributed by atoms with E-state index in [9.17, 15) is 9.59 Å². The quantitative estimate of drug-likeness (QED) is 0.0502. The van der Waals surface area contributed by atoms with E-state index in [1.54, 1.807) is 0 Å². The van der Waals surface area contributed by atoms with E-state index < -0.39 is 0 Å². The molecule has 0 aromatic carbocycles. The molecule has 0 aromatic heterocycles. The Morgan fingerprint density at radius 2 is 0.865 bits per heavy atom. The summed E-state index contributed by atoms with van der Waals surface area (Å²) in [5, 5.41) is 7.88. The van der Waals surface area contributed by atoms with Crippen molar-refractivity contribution in [2.24, 2.45) is 11.8 Å². The molecule has 52 heavy (non-hydrogen) atoms. The van der Waals surface area contributed by atoms with Crippen LogP contribution in [0.5, 0.6) is 0 Å². The lowest BCUT2D eigenvalue weighted by molar-refractivity contribution is -0.150. The molecule has 0 fully saturated rings. The Bertz CT molecular complexity index is 692. The second kappa shape index (κ2) is 44.3. The zero-order valence-electron chi connectivity index (χ0n) is 36.3. The summed E-state index contributed by atoms with van der Waals surface area (Å²) in [6, 6.07) is 0. The van der Waals surface area contributed by atoms with Crippen molar-refractivity contribution >= 4 is 11.9 Å². The molecule has 2 unspecified atom stereocenters. The lowest BCUT2D eigenvalue weighted by atomic mass is 9.82. The van der Waals surface area contributed by atoms with Crippen LogP contribution < -0.4 is 0 Å². The third-order valence-corrected chi connectivity index (χ3v) is 10.8. The first-order chi connectivity index (χ1) is 25.4. The summed E-state index contributed by atoms with van der Waals surface area (Å²) in [6.45, 7) is 14.3.